The third kappa shape index (κ3) is 22.9. The minimum atomic E-state index is -3.70. The van der Waals surface area contributed by atoms with Crippen LogP contribution in [0.4, 0.5) is 0 Å². The van der Waals surface area contributed by atoms with E-state index < -0.39 is 13.7 Å². The summed E-state index contributed by atoms with van der Waals surface area (Å²) in [5.74, 6) is -0.348. The Hall–Kier alpha value is -0.460. The number of likely N-dealkylation sites (tertiary alicyclic amines) is 1. The van der Waals surface area contributed by atoms with E-state index in [0.717, 1.165) is 25.9 Å². The van der Waals surface area contributed by atoms with E-state index in [1.165, 1.54) is 114 Å². The van der Waals surface area contributed by atoms with Crippen LogP contribution < -0.4 is 4.90 Å². The standard InChI is InChI=1S/C31H62NO6P/c1-3-5-6-7-8-9-10-11-12-13-14-15-16-17-18-19-22-26-36-28-30(38-31(33)4-2)29-37-39(34,35)27-25-32-23-20-21-24-32/h30H,3-29H2,1-2H3,(H,34,35)/p+1. The lowest BCUT2D eigenvalue weighted by atomic mass is 10.0. The minimum Gasteiger partial charge on any atom is -0.457 e. The van der Waals surface area contributed by atoms with Crippen LogP contribution in [0.25, 0.3) is 0 Å². The van der Waals surface area contributed by atoms with E-state index in [1.807, 2.05) is 0 Å². The van der Waals surface area contributed by atoms with Crippen LogP contribution in [-0.4, -0.2) is 62.6 Å². The molecule has 0 saturated carbocycles. The molecule has 1 aliphatic rings. The van der Waals surface area contributed by atoms with Gasteiger partial charge in [-0.1, -0.05) is 117 Å². The molecule has 8 heteroatoms. The van der Waals surface area contributed by atoms with Crippen molar-refractivity contribution < 1.29 is 33.2 Å². The first-order chi connectivity index (χ1) is 19.0. The summed E-state index contributed by atoms with van der Waals surface area (Å²) in [6.45, 7) is 7.47. The molecule has 0 spiro atoms. The molecule has 0 aromatic carbocycles. The maximum atomic E-state index is 12.4. The monoisotopic (exact) mass is 576 g/mol. The van der Waals surface area contributed by atoms with Gasteiger partial charge in [-0.05, 0) is 6.42 Å². The number of ether oxygens (including phenoxy) is 2. The van der Waals surface area contributed by atoms with E-state index in [2.05, 4.69) is 6.92 Å². The molecule has 0 aromatic rings. The third-order valence-corrected chi connectivity index (χ3v) is 9.14. The topological polar surface area (TPSA) is 86.5 Å². The number of unbranched alkanes of at least 4 members (excludes halogenated alkanes) is 16. The Morgan fingerprint density at radius 1 is 0.769 bits per heavy atom. The van der Waals surface area contributed by atoms with Gasteiger partial charge in [0.25, 0.3) is 0 Å². The van der Waals surface area contributed by atoms with Gasteiger partial charge in [0.15, 0.2) is 0 Å². The first kappa shape index (κ1) is 36.6. The number of hydrogen-bond acceptors (Lipinski definition) is 5. The molecule has 1 saturated heterocycles. The molecule has 0 radical (unpaired) electrons. The summed E-state index contributed by atoms with van der Waals surface area (Å²) in [6.07, 6.45) is 24.9. The van der Waals surface area contributed by atoms with Gasteiger partial charge < -0.3 is 23.8 Å². The normalized spacial score (nSPS) is 16.4. The molecule has 0 aliphatic carbocycles. The molecule has 1 rings (SSSR count). The summed E-state index contributed by atoms with van der Waals surface area (Å²) in [4.78, 5) is 23.3. The van der Waals surface area contributed by atoms with Crippen LogP contribution in [0, 0.1) is 0 Å². The van der Waals surface area contributed by atoms with Crippen LogP contribution in [0.15, 0.2) is 0 Å². The van der Waals surface area contributed by atoms with Gasteiger partial charge in [0, 0.05) is 25.9 Å². The lowest BCUT2D eigenvalue weighted by Gasteiger charge is -2.20. The van der Waals surface area contributed by atoms with Gasteiger partial charge in [-0.3, -0.25) is 9.36 Å². The molecule has 0 aromatic heterocycles. The Kier molecular flexibility index (Phi) is 23.7. The van der Waals surface area contributed by atoms with Crippen molar-refractivity contribution in [3.05, 3.63) is 0 Å². The van der Waals surface area contributed by atoms with Gasteiger partial charge >= 0.3 is 13.6 Å². The van der Waals surface area contributed by atoms with Crippen molar-refractivity contribution >= 4 is 13.6 Å². The fourth-order valence-corrected chi connectivity index (χ4v) is 6.34. The molecule has 2 N–H and O–H groups in total. The van der Waals surface area contributed by atoms with Gasteiger partial charge in [-0.15, -0.1) is 0 Å². The Bertz CT molecular complexity index is 614. The zero-order chi connectivity index (χ0) is 28.4. The van der Waals surface area contributed by atoms with Crippen LogP contribution in [0.3, 0.4) is 0 Å². The van der Waals surface area contributed by atoms with Crippen LogP contribution in [0.5, 0.6) is 0 Å². The smallest absolute Gasteiger partial charge is 0.333 e. The van der Waals surface area contributed by atoms with Crippen molar-refractivity contribution in [3.63, 3.8) is 0 Å². The number of carbonyl (C=O) groups is 1. The zero-order valence-corrected chi connectivity index (χ0v) is 26.5. The van der Waals surface area contributed by atoms with Crippen molar-refractivity contribution in [3.8, 4) is 0 Å². The lowest BCUT2D eigenvalue weighted by Crippen LogP contribution is -3.10. The summed E-state index contributed by atoms with van der Waals surface area (Å²) in [5.41, 5.74) is 0. The predicted molar refractivity (Wildman–Crippen MR) is 161 cm³/mol. The Balaban J connectivity index is 1.98. The molecule has 39 heavy (non-hydrogen) atoms. The van der Waals surface area contributed by atoms with Crippen molar-refractivity contribution in [1.82, 2.24) is 0 Å². The van der Waals surface area contributed by atoms with E-state index in [-0.39, 0.29) is 31.8 Å². The lowest BCUT2D eigenvalue weighted by molar-refractivity contribution is -0.884. The quantitative estimate of drug-likeness (QED) is 0.0601. The third-order valence-electron chi connectivity index (χ3n) is 7.80. The van der Waals surface area contributed by atoms with Crippen molar-refractivity contribution in [2.24, 2.45) is 0 Å². The van der Waals surface area contributed by atoms with Crippen molar-refractivity contribution in [1.29, 1.82) is 0 Å². The summed E-state index contributed by atoms with van der Waals surface area (Å²) in [7, 11) is -3.70. The van der Waals surface area contributed by atoms with Crippen LogP contribution in [-0.2, 0) is 23.4 Å². The number of rotatable bonds is 28. The van der Waals surface area contributed by atoms with Crippen molar-refractivity contribution in [2.45, 2.75) is 148 Å². The summed E-state index contributed by atoms with van der Waals surface area (Å²) in [5, 5.41) is 0. The number of nitrogens with one attached hydrogen (secondary N) is 1. The Morgan fingerprint density at radius 2 is 1.26 bits per heavy atom. The van der Waals surface area contributed by atoms with Gasteiger partial charge in [0.05, 0.1) is 39.0 Å². The molecule has 2 atom stereocenters. The first-order valence-corrected chi connectivity index (χ1v) is 18.3. The molecule has 1 aliphatic heterocycles. The fraction of sp³-hybridized carbons (Fsp3) is 0.968. The molecule has 0 bridgehead atoms. The maximum absolute atomic E-state index is 12.4. The Morgan fingerprint density at radius 3 is 1.74 bits per heavy atom. The zero-order valence-electron chi connectivity index (χ0n) is 25.6. The summed E-state index contributed by atoms with van der Waals surface area (Å²) < 4.78 is 28.9. The molecule has 1 heterocycles. The highest BCUT2D eigenvalue weighted by Crippen LogP contribution is 2.41. The van der Waals surface area contributed by atoms with E-state index in [0.29, 0.717) is 13.2 Å². The number of quaternary nitrogens is 1. The van der Waals surface area contributed by atoms with E-state index >= 15 is 0 Å². The van der Waals surface area contributed by atoms with Gasteiger partial charge in [-0.2, -0.15) is 0 Å². The molecule has 1 fully saturated rings. The maximum Gasteiger partial charge on any atom is 0.333 e. The first-order valence-electron chi connectivity index (χ1n) is 16.5. The van der Waals surface area contributed by atoms with Crippen molar-refractivity contribution in [2.75, 3.05) is 45.6 Å². The molecular formula is C31H63NO6P+. The molecule has 2 unspecified atom stereocenters. The van der Waals surface area contributed by atoms with Crippen LogP contribution in [0.1, 0.15) is 142 Å². The average molecular weight is 577 g/mol. The molecular weight excluding hydrogens is 513 g/mol. The minimum absolute atomic E-state index is 0.103. The number of esters is 1. The highest BCUT2D eigenvalue weighted by molar-refractivity contribution is 7.52. The van der Waals surface area contributed by atoms with Crippen LogP contribution >= 0.6 is 7.60 Å². The second kappa shape index (κ2) is 25.3. The van der Waals surface area contributed by atoms with Gasteiger partial charge in [-0.25, -0.2) is 0 Å². The highest BCUT2D eigenvalue weighted by Gasteiger charge is 2.27. The predicted octanol–water partition coefficient (Wildman–Crippen LogP) is 6.86. The van der Waals surface area contributed by atoms with E-state index in [9.17, 15) is 14.3 Å². The van der Waals surface area contributed by atoms with Gasteiger partial charge in [0.2, 0.25) is 0 Å². The Labute approximate surface area is 240 Å². The SMILES string of the molecule is CCCCCCCCCCCCCCCCCCCOCC(COP(=O)(O)CC[NH+]1CCCC1)OC(=O)CC. The fourth-order valence-electron chi connectivity index (χ4n) is 5.22. The summed E-state index contributed by atoms with van der Waals surface area (Å²) in [6, 6.07) is 0. The largest absolute Gasteiger partial charge is 0.457 e. The number of carbonyl (C=O) groups excluding carboxylic acids is 1. The highest BCUT2D eigenvalue weighted by atomic mass is 31.2. The van der Waals surface area contributed by atoms with Gasteiger partial charge in [0.1, 0.15) is 6.10 Å². The van der Waals surface area contributed by atoms with E-state index in [1.54, 1.807) is 6.92 Å². The second-order valence-electron chi connectivity index (χ2n) is 11.6. The second-order valence-corrected chi connectivity index (χ2v) is 13.5. The molecule has 7 nitrogen and oxygen atoms in total. The summed E-state index contributed by atoms with van der Waals surface area (Å²) >= 11 is 0. The average Bonchev–Trinajstić information content (AvgIpc) is 3.45. The molecule has 0 amide bonds. The number of hydrogen-bond donors (Lipinski definition) is 2. The van der Waals surface area contributed by atoms with E-state index in [4.69, 9.17) is 14.0 Å². The molecule has 232 valence electrons. The van der Waals surface area contributed by atoms with Crippen LogP contribution in [0.2, 0.25) is 0 Å².